The summed E-state index contributed by atoms with van der Waals surface area (Å²) in [7, 11) is 0. The third kappa shape index (κ3) is 3.54. The molecule has 0 atom stereocenters. The maximum absolute atomic E-state index is 13.4. The van der Waals surface area contributed by atoms with E-state index in [1.807, 2.05) is 0 Å². The molecule has 1 amide bonds. The number of carbonyl (C=O) groups excluding carboxylic acids is 1. The molecule has 0 fully saturated rings. The third-order valence-electron chi connectivity index (χ3n) is 3.34. The monoisotopic (exact) mass is 353 g/mol. The Labute approximate surface area is 138 Å². The number of halogens is 4. The smallest absolute Gasteiger partial charge is 0.434 e. The van der Waals surface area contributed by atoms with E-state index < -0.39 is 29.2 Å². The van der Waals surface area contributed by atoms with Gasteiger partial charge >= 0.3 is 6.18 Å². The Morgan fingerprint density at radius 1 is 1.24 bits per heavy atom. The first kappa shape index (κ1) is 16.7. The van der Waals surface area contributed by atoms with E-state index in [4.69, 9.17) is 4.42 Å². The highest BCUT2D eigenvalue weighted by Gasteiger charge is 2.40. The van der Waals surface area contributed by atoms with Gasteiger partial charge in [0.15, 0.2) is 5.69 Å². The lowest BCUT2D eigenvalue weighted by molar-refractivity contribution is -0.143. The van der Waals surface area contributed by atoms with E-state index in [2.05, 4.69) is 10.4 Å². The highest BCUT2D eigenvalue weighted by molar-refractivity contribution is 5.95. The first-order valence-corrected chi connectivity index (χ1v) is 7.08. The van der Waals surface area contributed by atoms with Crippen molar-refractivity contribution >= 4 is 5.91 Å². The highest BCUT2D eigenvalue weighted by Crippen LogP contribution is 2.33. The van der Waals surface area contributed by atoms with E-state index in [9.17, 15) is 22.4 Å². The molecular formula is C16H11F4N3O2. The van der Waals surface area contributed by atoms with Crippen molar-refractivity contribution in [2.24, 2.45) is 0 Å². The number of benzene rings is 1. The van der Waals surface area contributed by atoms with Crippen LogP contribution in [0.1, 0.15) is 21.8 Å². The molecule has 0 saturated heterocycles. The number of hydrogen-bond donors (Lipinski definition) is 1. The second-order valence-electron chi connectivity index (χ2n) is 5.06. The van der Waals surface area contributed by atoms with Crippen LogP contribution in [0.5, 0.6) is 0 Å². The Hall–Kier alpha value is -3.10. The molecule has 1 aromatic carbocycles. The molecular weight excluding hydrogens is 342 g/mol. The fourth-order valence-corrected chi connectivity index (χ4v) is 2.27. The van der Waals surface area contributed by atoms with Crippen LogP contribution in [0.15, 0.2) is 53.3 Å². The summed E-state index contributed by atoms with van der Waals surface area (Å²) in [5.74, 6) is -1.30. The molecule has 0 radical (unpaired) electrons. The largest absolute Gasteiger partial charge is 0.467 e. The molecule has 2 heterocycles. The Morgan fingerprint density at radius 3 is 2.68 bits per heavy atom. The molecule has 0 unspecified atom stereocenters. The second kappa shape index (κ2) is 6.42. The third-order valence-corrected chi connectivity index (χ3v) is 3.34. The number of nitrogens with zero attached hydrogens (tertiary/aromatic N) is 2. The van der Waals surface area contributed by atoms with E-state index in [-0.39, 0.29) is 12.2 Å². The zero-order chi connectivity index (χ0) is 18.0. The number of furan rings is 1. The van der Waals surface area contributed by atoms with Crippen molar-refractivity contribution in [3.63, 3.8) is 0 Å². The van der Waals surface area contributed by atoms with Crippen LogP contribution in [0.3, 0.4) is 0 Å². The fraction of sp³-hybridized carbons (Fsp3) is 0.125. The molecule has 0 aliphatic carbocycles. The van der Waals surface area contributed by atoms with Crippen molar-refractivity contribution < 1.29 is 26.8 Å². The summed E-state index contributed by atoms with van der Waals surface area (Å²) in [6.07, 6.45) is -2.68. The van der Waals surface area contributed by atoms with Gasteiger partial charge in [0.25, 0.3) is 5.91 Å². The maximum Gasteiger partial charge on any atom is 0.434 e. The van der Waals surface area contributed by atoms with Crippen LogP contribution < -0.4 is 5.32 Å². The van der Waals surface area contributed by atoms with Crippen LogP contribution in [-0.2, 0) is 12.7 Å². The van der Waals surface area contributed by atoms with Crippen LogP contribution in [0.4, 0.5) is 17.6 Å². The predicted octanol–water partition coefficient (Wildman–Crippen LogP) is 3.55. The van der Waals surface area contributed by atoms with Gasteiger partial charge in [-0.05, 0) is 30.3 Å². The minimum Gasteiger partial charge on any atom is -0.467 e. The minimum atomic E-state index is -4.86. The van der Waals surface area contributed by atoms with E-state index >= 15 is 0 Å². The number of rotatable bonds is 4. The van der Waals surface area contributed by atoms with Crippen molar-refractivity contribution in [1.29, 1.82) is 0 Å². The Morgan fingerprint density at radius 2 is 2.04 bits per heavy atom. The zero-order valence-corrected chi connectivity index (χ0v) is 12.5. The van der Waals surface area contributed by atoms with Crippen molar-refractivity contribution in [2.45, 2.75) is 12.7 Å². The number of aromatic nitrogens is 2. The van der Waals surface area contributed by atoms with Crippen LogP contribution in [0.25, 0.3) is 5.69 Å². The van der Waals surface area contributed by atoms with E-state index in [1.165, 1.54) is 18.4 Å². The van der Waals surface area contributed by atoms with Gasteiger partial charge < -0.3 is 9.73 Å². The topological polar surface area (TPSA) is 60.1 Å². The molecule has 2 aromatic heterocycles. The van der Waals surface area contributed by atoms with E-state index in [1.54, 1.807) is 12.1 Å². The number of carbonyl (C=O) groups is 1. The van der Waals surface area contributed by atoms with Crippen molar-refractivity contribution in [2.75, 3.05) is 0 Å². The SMILES string of the molecule is O=C(NCc1ccco1)c1cnn(-c2cccc(F)c2)c1C(F)(F)F. The lowest BCUT2D eigenvalue weighted by atomic mass is 10.2. The predicted molar refractivity (Wildman–Crippen MR) is 78.4 cm³/mol. The summed E-state index contributed by atoms with van der Waals surface area (Å²) >= 11 is 0. The zero-order valence-electron chi connectivity index (χ0n) is 12.5. The van der Waals surface area contributed by atoms with E-state index in [0.717, 1.165) is 18.3 Å². The van der Waals surface area contributed by atoms with Gasteiger partial charge in [-0.25, -0.2) is 9.07 Å². The van der Waals surface area contributed by atoms with Gasteiger partial charge in [0.05, 0.1) is 30.3 Å². The molecule has 3 aromatic rings. The first-order chi connectivity index (χ1) is 11.9. The lowest BCUT2D eigenvalue weighted by Crippen LogP contribution is -2.26. The Kier molecular flexibility index (Phi) is 4.30. The van der Waals surface area contributed by atoms with Gasteiger partial charge in [0.2, 0.25) is 0 Å². The number of amides is 1. The maximum atomic E-state index is 13.4. The van der Waals surface area contributed by atoms with Gasteiger partial charge in [0.1, 0.15) is 11.6 Å². The number of hydrogen-bond acceptors (Lipinski definition) is 3. The van der Waals surface area contributed by atoms with Gasteiger partial charge in [-0.2, -0.15) is 18.3 Å². The lowest BCUT2D eigenvalue weighted by Gasteiger charge is -2.12. The highest BCUT2D eigenvalue weighted by atomic mass is 19.4. The number of nitrogens with one attached hydrogen (secondary N) is 1. The normalized spacial score (nSPS) is 11.5. The number of alkyl halides is 3. The molecule has 0 bridgehead atoms. The standard InChI is InChI=1S/C16H11F4N3O2/c17-10-3-1-4-11(7-10)23-14(16(18,19)20)13(9-22-23)15(24)21-8-12-5-2-6-25-12/h1-7,9H,8H2,(H,21,24). The molecule has 9 heteroatoms. The van der Waals surface area contributed by atoms with Crippen LogP contribution in [-0.4, -0.2) is 15.7 Å². The van der Waals surface area contributed by atoms with Crippen molar-refractivity contribution in [1.82, 2.24) is 15.1 Å². The summed E-state index contributed by atoms with van der Waals surface area (Å²) in [4.78, 5) is 12.1. The Bertz CT molecular complexity index is 885. The summed E-state index contributed by atoms with van der Waals surface area (Å²) in [5, 5.41) is 5.94. The first-order valence-electron chi connectivity index (χ1n) is 7.08. The average Bonchev–Trinajstić information content (AvgIpc) is 3.21. The van der Waals surface area contributed by atoms with Gasteiger partial charge in [-0.15, -0.1) is 0 Å². The molecule has 25 heavy (non-hydrogen) atoms. The van der Waals surface area contributed by atoms with Gasteiger partial charge in [-0.3, -0.25) is 4.79 Å². The molecule has 0 saturated carbocycles. The van der Waals surface area contributed by atoms with Crippen molar-refractivity contribution in [3.8, 4) is 5.69 Å². The van der Waals surface area contributed by atoms with Gasteiger partial charge in [-0.1, -0.05) is 6.07 Å². The summed E-state index contributed by atoms with van der Waals surface area (Å²) in [6.45, 7) is -0.0751. The molecule has 1 N–H and O–H groups in total. The molecule has 130 valence electrons. The Balaban J connectivity index is 1.95. The average molecular weight is 353 g/mol. The van der Waals surface area contributed by atoms with Crippen LogP contribution >= 0.6 is 0 Å². The summed E-state index contributed by atoms with van der Waals surface area (Å²) < 4.78 is 59.2. The molecule has 0 spiro atoms. The van der Waals surface area contributed by atoms with Crippen LogP contribution in [0.2, 0.25) is 0 Å². The second-order valence-corrected chi connectivity index (χ2v) is 5.06. The fourth-order valence-electron chi connectivity index (χ4n) is 2.27. The molecule has 0 aliphatic heterocycles. The molecule has 3 rings (SSSR count). The van der Waals surface area contributed by atoms with Crippen LogP contribution in [0, 0.1) is 5.82 Å². The minimum absolute atomic E-state index is 0.0751. The van der Waals surface area contributed by atoms with E-state index in [0.29, 0.717) is 10.4 Å². The summed E-state index contributed by atoms with van der Waals surface area (Å²) in [6, 6.07) is 7.66. The molecule has 5 nitrogen and oxygen atoms in total. The quantitative estimate of drug-likeness (QED) is 0.730. The summed E-state index contributed by atoms with van der Waals surface area (Å²) in [5.41, 5.74) is -2.09. The van der Waals surface area contributed by atoms with Gasteiger partial charge in [0, 0.05) is 0 Å². The van der Waals surface area contributed by atoms with Crippen molar-refractivity contribution in [3.05, 3.63) is 71.7 Å². The molecule has 0 aliphatic rings.